The van der Waals surface area contributed by atoms with E-state index in [-0.39, 0.29) is 24.4 Å². The molecule has 0 heterocycles. The molecule has 0 aromatic heterocycles. The molecule has 6 nitrogen and oxygen atoms in total. The van der Waals surface area contributed by atoms with Crippen LogP contribution in [0.2, 0.25) is 0 Å². The van der Waals surface area contributed by atoms with E-state index in [0.717, 1.165) is 25.7 Å². The standard InChI is InChI=1S/C17H25O6P/c1-20-11-12-23-24(19,13-7-4-5-8-13)17(18)16-14(21-2)9-6-10-15(16)22-3/h6,9-10,13H,4-5,7-8,11-12H2,1-3H3. The summed E-state index contributed by atoms with van der Waals surface area (Å²) in [6.07, 6.45) is 3.37. The van der Waals surface area contributed by atoms with E-state index in [1.807, 2.05) is 0 Å². The fourth-order valence-corrected chi connectivity index (χ4v) is 5.63. The van der Waals surface area contributed by atoms with Crippen molar-refractivity contribution in [3.63, 3.8) is 0 Å². The van der Waals surface area contributed by atoms with Gasteiger partial charge in [-0.2, -0.15) is 0 Å². The fraction of sp³-hybridized carbons (Fsp3) is 0.588. The minimum atomic E-state index is -3.57. The first-order valence-electron chi connectivity index (χ1n) is 8.07. The van der Waals surface area contributed by atoms with E-state index >= 15 is 0 Å². The number of methoxy groups -OCH3 is 3. The van der Waals surface area contributed by atoms with Crippen LogP contribution in [-0.2, 0) is 13.8 Å². The molecule has 24 heavy (non-hydrogen) atoms. The molecular formula is C17H25O6P. The van der Waals surface area contributed by atoms with Crippen molar-refractivity contribution in [3.05, 3.63) is 23.8 Å². The lowest BCUT2D eigenvalue weighted by Crippen LogP contribution is -2.18. The smallest absolute Gasteiger partial charge is 0.274 e. The number of benzene rings is 1. The van der Waals surface area contributed by atoms with Crippen molar-refractivity contribution in [2.75, 3.05) is 34.5 Å². The lowest BCUT2D eigenvalue weighted by Gasteiger charge is -2.24. The molecule has 1 aromatic carbocycles. The third kappa shape index (κ3) is 3.82. The van der Waals surface area contributed by atoms with E-state index in [1.165, 1.54) is 21.3 Å². The van der Waals surface area contributed by atoms with Gasteiger partial charge >= 0.3 is 0 Å². The van der Waals surface area contributed by atoms with E-state index in [0.29, 0.717) is 11.5 Å². The third-order valence-electron chi connectivity index (χ3n) is 4.30. The molecule has 0 saturated heterocycles. The largest absolute Gasteiger partial charge is 0.496 e. The Morgan fingerprint density at radius 3 is 2.17 bits per heavy atom. The second-order valence-corrected chi connectivity index (χ2v) is 8.29. The average molecular weight is 356 g/mol. The molecule has 0 amide bonds. The Morgan fingerprint density at radius 1 is 1.08 bits per heavy atom. The number of rotatable bonds is 9. The summed E-state index contributed by atoms with van der Waals surface area (Å²) in [5, 5.41) is 0. The van der Waals surface area contributed by atoms with Crippen molar-refractivity contribution in [1.82, 2.24) is 0 Å². The monoisotopic (exact) mass is 356 g/mol. The molecule has 0 aliphatic heterocycles. The Bertz CT molecular complexity index is 587. The minimum absolute atomic E-state index is 0.119. The van der Waals surface area contributed by atoms with Crippen LogP contribution in [0.5, 0.6) is 11.5 Å². The van der Waals surface area contributed by atoms with Gasteiger partial charge in [-0.25, -0.2) is 0 Å². The Morgan fingerprint density at radius 2 is 1.67 bits per heavy atom. The van der Waals surface area contributed by atoms with Crippen molar-refractivity contribution in [2.24, 2.45) is 0 Å². The van der Waals surface area contributed by atoms with Crippen molar-refractivity contribution in [3.8, 4) is 11.5 Å². The predicted molar refractivity (Wildman–Crippen MR) is 91.6 cm³/mol. The molecule has 1 saturated carbocycles. The molecule has 1 fully saturated rings. The van der Waals surface area contributed by atoms with Gasteiger partial charge in [0.05, 0.1) is 27.4 Å². The summed E-state index contributed by atoms with van der Waals surface area (Å²) in [6.45, 7) is 0.403. The summed E-state index contributed by atoms with van der Waals surface area (Å²) in [5.74, 6) is 0.681. The highest BCUT2D eigenvalue weighted by atomic mass is 31.2. The first-order chi connectivity index (χ1) is 11.6. The van der Waals surface area contributed by atoms with Crippen LogP contribution in [0.25, 0.3) is 0 Å². The molecule has 134 valence electrons. The second-order valence-electron chi connectivity index (χ2n) is 5.70. The molecule has 0 radical (unpaired) electrons. The van der Waals surface area contributed by atoms with E-state index < -0.39 is 12.9 Å². The lowest BCUT2D eigenvalue weighted by molar-refractivity contribution is 0.102. The third-order valence-corrected chi connectivity index (χ3v) is 7.13. The van der Waals surface area contributed by atoms with Crippen LogP contribution in [-0.4, -0.2) is 45.7 Å². The van der Waals surface area contributed by atoms with Crippen molar-refractivity contribution in [1.29, 1.82) is 0 Å². The van der Waals surface area contributed by atoms with Gasteiger partial charge in [0.2, 0.25) is 0 Å². The highest BCUT2D eigenvalue weighted by Crippen LogP contribution is 2.60. The van der Waals surface area contributed by atoms with E-state index in [2.05, 4.69) is 0 Å². The van der Waals surface area contributed by atoms with Gasteiger partial charge in [-0.3, -0.25) is 9.36 Å². The minimum Gasteiger partial charge on any atom is -0.496 e. The number of carbonyl (C=O) groups is 1. The van der Waals surface area contributed by atoms with Gasteiger partial charge < -0.3 is 18.7 Å². The van der Waals surface area contributed by atoms with Crippen LogP contribution < -0.4 is 9.47 Å². The maximum atomic E-state index is 13.6. The zero-order chi connectivity index (χ0) is 17.6. The highest BCUT2D eigenvalue weighted by Gasteiger charge is 2.45. The Kier molecular flexibility index (Phi) is 6.84. The zero-order valence-electron chi connectivity index (χ0n) is 14.4. The number of hydrogen-bond acceptors (Lipinski definition) is 6. The Balaban J connectivity index is 2.42. The second kappa shape index (κ2) is 8.65. The van der Waals surface area contributed by atoms with E-state index in [9.17, 15) is 9.36 Å². The van der Waals surface area contributed by atoms with E-state index in [1.54, 1.807) is 18.2 Å². The van der Waals surface area contributed by atoms with Gasteiger partial charge in [0.25, 0.3) is 12.9 Å². The van der Waals surface area contributed by atoms with Crippen LogP contribution in [0.4, 0.5) is 0 Å². The summed E-state index contributed by atoms with van der Waals surface area (Å²) in [5.41, 5.74) is -0.591. The van der Waals surface area contributed by atoms with Crippen LogP contribution >= 0.6 is 7.37 Å². The van der Waals surface area contributed by atoms with Gasteiger partial charge in [0.15, 0.2) is 0 Å². The normalized spacial score (nSPS) is 17.5. The molecule has 2 rings (SSSR count). The number of hydrogen-bond donors (Lipinski definition) is 0. The van der Waals surface area contributed by atoms with Gasteiger partial charge in [-0.05, 0) is 25.0 Å². The molecule has 0 spiro atoms. The number of ether oxygens (including phenoxy) is 3. The van der Waals surface area contributed by atoms with Crippen LogP contribution in [0.1, 0.15) is 36.0 Å². The number of carbonyl (C=O) groups excluding carboxylic acids is 1. The topological polar surface area (TPSA) is 71.1 Å². The van der Waals surface area contributed by atoms with Crippen molar-refractivity contribution >= 4 is 12.9 Å². The molecule has 1 aliphatic carbocycles. The summed E-state index contributed by atoms with van der Waals surface area (Å²) in [4.78, 5) is 13.2. The van der Waals surface area contributed by atoms with Crippen LogP contribution in [0, 0.1) is 0 Å². The Labute approximate surface area is 142 Å². The first kappa shape index (κ1) is 19.0. The van der Waals surface area contributed by atoms with Gasteiger partial charge in [0.1, 0.15) is 17.1 Å². The average Bonchev–Trinajstić information content (AvgIpc) is 3.15. The summed E-state index contributed by atoms with van der Waals surface area (Å²) < 4.78 is 34.8. The fourth-order valence-electron chi connectivity index (χ4n) is 3.05. The molecular weight excluding hydrogens is 331 g/mol. The van der Waals surface area contributed by atoms with Crippen LogP contribution in [0.15, 0.2) is 18.2 Å². The molecule has 0 N–H and O–H groups in total. The predicted octanol–water partition coefficient (Wildman–Crippen LogP) is 3.73. The maximum Gasteiger partial charge on any atom is 0.274 e. The van der Waals surface area contributed by atoms with Crippen molar-refractivity contribution < 1.29 is 28.1 Å². The molecule has 1 aliphatic rings. The van der Waals surface area contributed by atoms with Crippen LogP contribution in [0.3, 0.4) is 0 Å². The zero-order valence-corrected chi connectivity index (χ0v) is 15.3. The maximum absolute atomic E-state index is 13.6. The summed E-state index contributed by atoms with van der Waals surface area (Å²) in [7, 11) is 0.908. The highest BCUT2D eigenvalue weighted by molar-refractivity contribution is 7.77. The molecule has 7 heteroatoms. The quantitative estimate of drug-likeness (QED) is 0.496. The molecule has 1 unspecified atom stereocenters. The van der Waals surface area contributed by atoms with Crippen molar-refractivity contribution in [2.45, 2.75) is 31.3 Å². The SMILES string of the molecule is COCCOP(=O)(C(=O)c1c(OC)cccc1OC)C1CCCC1. The molecule has 1 atom stereocenters. The molecule has 0 bridgehead atoms. The first-order valence-corrected chi connectivity index (χ1v) is 9.77. The van der Waals surface area contributed by atoms with Gasteiger partial charge in [-0.15, -0.1) is 0 Å². The lowest BCUT2D eigenvalue weighted by atomic mass is 10.2. The Hall–Kier alpha value is -1.36. The van der Waals surface area contributed by atoms with Gasteiger partial charge in [-0.1, -0.05) is 18.9 Å². The summed E-state index contributed by atoms with van der Waals surface area (Å²) >= 11 is 0. The van der Waals surface area contributed by atoms with E-state index in [4.69, 9.17) is 18.7 Å². The summed E-state index contributed by atoms with van der Waals surface area (Å²) in [6, 6.07) is 5.04. The molecule has 1 aromatic rings. The van der Waals surface area contributed by atoms with Gasteiger partial charge in [0, 0.05) is 12.8 Å².